The van der Waals surface area contributed by atoms with Gasteiger partial charge in [0, 0.05) is 20.2 Å². The summed E-state index contributed by atoms with van der Waals surface area (Å²) in [5.74, 6) is 0.486. The zero-order valence-electron chi connectivity index (χ0n) is 14.1. The summed E-state index contributed by atoms with van der Waals surface area (Å²) in [4.78, 5) is 26.1. The highest BCUT2D eigenvalue weighted by molar-refractivity contribution is 5.88. The number of carbonyl (C=O) groups is 2. The summed E-state index contributed by atoms with van der Waals surface area (Å²) in [5.41, 5.74) is 0. The van der Waals surface area contributed by atoms with Crippen LogP contribution in [0.2, 0.25) is 0 Å². The van der Waals surface area contributed by atoms with Crippen LogP contribution in [0.3, 0.4) is 0 Å². The molecule has 0 saturated carbocycles. The van der Waals surface area contributed by atoms with Crippen molar-refractivity contribution in [3.05, 3.63) is 0 Å². The van der Waals surface area contributed by atoms with Gasteiger partial charge in [-0.1, -0.05) is 13.8 Å². The van der Waals surface area contributed by atoms with Crippen LogP contribution in [0, 0.1) is 11.8 Å². The Morgan fingerprint density at radius 3 is 2.32 bits per heavy atom. The number of ether oxygens (including phenoxy) is 1. The summed E-state index contributed by atoms with van der Waals surface area (Å²) in [6.45, 7) is 6.43. The average Bonchev–Trinajstić information content (AvgIpc) is 2.45. The number of likely N-dealkylation sites (tertiary alicyclic amines) is 1. The summed E-state index contributed by atoms with van der Waals surface area (Å²) in [7, 11) is 3.43. The number of piperidine rings is 1. The zero-order valence-corrected chi connectivity index (χ0v) is 14.9. The summed E-state index contributed by atoms with van der Waals surface area (Å²) in [6.07, 6.45) is 2.03. The molecule has 0 aromatic heterocycles. The minimum Gasteiger partial charge on any atom is -0.375 e. The largest absolute Gasteiger partial charge is 0.375 e. The molecule has 1 rings (SSSR count). The van der Waals surface area contributed by atoms with E-state index in [-0.39, 0.29) is 36.7 Å². The molecule has 2 N–H and O–H groups in total. The number of amides is 2. The lowest BCUT2D eigenvalue weighted by Gasteiger charge is -2.35. The van der Waals surface area contributed by atoms with Crippen LogP contribution < -0.4 is 10.6 Å². The van der Waals surface area contributed by atoms with E-state index in [1.54, 1.807) is 0 Å². The van der Waals surface area contributed by atoms with Crippen molar-refractivity contribution in [2.75, 3.05) is 40.4 Å². The fourth-order valence-corrected chi connectivity index (χ4v) is 2.70. The van der Waals surface area contributed by atoms with Crippen LogP contribution in [0.15, 0.2) is 0 Å². The number of nitrogens with zero attached hydrogens (tertiary/aromatic N) is 1. The van der Waals surface area contributed by atoms with Crippen molar-refractivity contribution in [1.29, 1.82) is 0 Å². The van der Waals surface area contributed by atoms with Gasteiger partial charge in [0.2, 0.25) is 11.8 Å². The van der Waals surface area contributed by atoms with Crippen molar-refractivity contribution < 1.29 is 14.3 Å². The predicted molar refractivity (Wildman–Crippen MR) is 89.1 cm³/mol. The number of carbonyl (C=O) groups excluding carboxylic acids is 2. The van der Waals surface area contributed by atoms with Gasteiger partial charge in [-0.2, -0.15) is 0 Å². The van der Waals surface area contributed by atoms with Gasteiger partial charge in [-0.15, -0.1) is 12.4 Å². The van der Waals surface area contributed by atoms with Gasteiger partial charge < -0.3 is 20.3 Å². The van der Waals surface area contributed by atoms with E-state index in [2.05, 4.69) is 10.6 Å². The molecule has 7 heteroatoms. The first-order valence-corrected chi connectivity index (χ1v) is 7.71. The Bertz CT molecular complexity index is 345. The first-order chi connectivity index (χ1) is 9.99. The molecule has 1 heterocycles. The number of methoxy groups -OCH3 is 1. The first kappa shape index (κ1) is 21.1. The van der Waals surface area contributed by atoms with Gasteiger partial charge in [-0.05, 0) is 38.3 Å². The molecule has 6 nitrogen and oxygen atoms in total. The molecule has 1 aliphatic rings. The van der Waals surface area contributed by atoms with Crippen molar-refractivity contribution in [2.45, 2.75) is 32.7 Å². The van der Waals surface area contributed by atoms with Crippen molar-refractivity contribution in [3.8, 4) is 0 Å². The van der Waals surface area contributed by atoms with E-state index >= 15 is 0 Å². The molecule has 1 fully saturated rings. The second-order valence-corrected chi connectivity index (χ2v) is 6.05. The Labute approximate surface area is 139 Å². The molecule has 1 saturated heterocycles. The third-order valence-corrected chi connectivity index (χ3v) is 3.94. The summed E-state index contributed by atoms with van der Waals surface area (Å²) in [6, 6.07) is -0.464. The van der Waals surface area contributed by atoms with Gasteiger partial charge in [0.05, 0.1) is 0 Å². The molecule has 1 aliphatic heterocycles. The maximum absolute atomic E-state index is 12.6. The van der Waals surface area contributed by atoms with Gasteiger partial charge >= 0.3 is 0 Å². The fraction of sp³-hybridized carbons (Fsp3) is 0.867. The Balaban J connectivity index is 0.00000441. The van der Waals surface area contributed by atoms with Crippen molar-refractivity contribution in [3.63, 3.8) is 0 Å². The molecule has 0 spiro atoms. The minimum atomic E-state index is -0.464. The van der Waals surface area contributed by atoms with E-state index in [0.29, 0.717) is 5.92 Å². The molecular weight excluding hydrogens is 306 g/mol. The second kappa shape index (κ2) is 10.8. The van der Waals surface area contributed by atoms with Crippen LogP contribution >= 0.6 is 12.4 Å². The predicted octanol–water partition coefficient (Wildman–Crippen LogP) is 0.653. The highest BCUT2D eigenvalue weighted by Gasteiger charge is 2.30. The second-order valence-electron chi connectivity index (χ2n) is 6.05. The molecular formula is C15H30ClN3O3. The molecule has 0 radical (unpaired) electrons. The molecule has 0 bridgehead atoms. The minimum absolute atomic E-state index is 0. The van der Waals surface area contributed by atoms with Crippen LogP contribution in [0.4, 0.5) is 0 Å². The van der Waals surface area contributed by atoms with Crippen molar-refractivity contribution in [2.24, 2.45) is 11.8 Å². The first-order valence-electron chi connectivity index (χ1n) is 7.71. The Morgan fingerprint density at radius 1 is 1.27 bits per heavy atom. The lowest BCUT2D eigenvalue weighted by atomic mass is 9.95. The standard InChI is InChI=1S/C15H29N3O3.ClH/c1-11(2)14(17-13(19)10-21-4)15(20)18-7-5-12(6-8-18)9-16-3;/h11-12,14,16H,5-10H2,1-4H3,(H,17,19);1H/t14-;/m0./s1. The molecule has 22 heavy (non-hydrogen) atoms. The van der Waals surface area contributed by atoms with Crippen molar-refractivity contribution >= 4 is 24.2 Å². The van der Waals surface area contributed by atoms with Gasteiger partial charge in [0.1, 0.15) is 12.6 Å². The molecule has 2 amide bonds. The lowest BCUT2D eigenvalue weighted by molar-refractivity contribution is -0.139. The van der Waals surface area contributed by atoms with E-state index in [0.717, 1.165) is 32.5 Å². The molecule has 0 aromatic rings. The topological polar surface area (TPSA) is 70.7 Å². The Kier molecular flexibility index (Phi) is 10.4. The normalized spacial score (nSPS) is 17.0. The third kappa shape index (κ3) is 6.50. The smallest absolute Gasteiger partial charge is 0.246 e. The quantitative estimate of drug-likeness (QED) is 0.717. The number of hydrogen-bond acceptors (Lipinski definition) is 4. The van der Waals surface area contributed by atoms with Crippen LogP contribution in [-0.4, -0.2) is 63.2 Å². The number of rotatable bonds is 7. The lowest BCUT2D eigenvalue weighted by Crippen LogP contribution is -2.53. The van der Waals surface area contributed by atoms with E-state index in [1.807, 2.05) is 25.8 Å². The van der Waals surface area contributed by atoms with Gasteiger partial charge in [0.25, 0.3) is 0 Å². The molecule has 0 unspecified atom stereocenters. The summed E-state index contributed by atoms with van der Waals surface area (Å²) < 4.78 is 4.81. The number of hydrogen-bond donors (Lipinski definition) is 2. The maximum atomic E-state index is 12.6. The SMILES string of the molecule is CNCC1CCN(C(=O)[C@@H](NC(=O)COC)C(C)C)CC1.Cl. The molecule has 0 aliphatic carbocycles. The average molecular weight is 336 g/mol. The van der Waals surface area contributed by atoms with Crippen LogP contribution in [0.25, 0.3) is 0 Å². The highest BCUT2D eigenvalue weighted by atomic mass is 35.5. The summed E-state index contributed by atoms with van der Waals surface area (Å²) in [5, 5.41) is 5.97. The van der Waals surface area contributed by atoms with Gasteiger partial charge in [-0.3, -0.25) is 9.59 Å². The fourth-order valence-electron chi connectivity index (χ4n) is 2.70. The van der Waals surface area contributed by atoms with Crippen molar-refractivity contribution in [1.82, 2.24) is 15.5 Å². The van der Waals surface area contributed by atoms with Crippen LogP contribution in [-0.2, 0) is 14.3 Å². The maximum Gasteiger partial charge on any atom is 0.246 e. The van der Waals surface area contributed by atoms with E-state index in [1.165, 1.54) is 7.11 Å². The Hall–Kier alpha value is -0.850. The zero-order chi connectivity index (χ0) is 15.8. The van der Waals surface area contributed by atoms with E-state index in [9.17, 15) is 9.59 Å². The van der Waals surface area contributed by atoms with Crippen LogP contribution in [0.1, 0.15) is 26.7 Å². The van der Waals surface area contributed by atoms with E-state index in [4.69, 9.17) is 4.74 Å². The Morgan fingerprint density at radius 2 is 1.86 bits per heavy atom. The third-order valence-electron chi connectivity index (χ3n) is 3.94. The van der Waals surface area contributed by atoms with Gasteiger partial charge in [0.15, 0.2) is 0 Å². The summed E-state index contributed by atoms with van der Waals surface area (Å²) >= 11 is 0. The molecule has 130 valence electrons. The van der Waals surface area contributed by atoms with Crippen LogP contribution in [0.5, 0.6) is 0 Å². The monoisotopic (exact) mass is 335 g/mol. The van der Waals surface area contributed by atoms with Gasteiger partial charge in [-0.25, -0.2) is 0 Å². The highest BCUT2D eigenvalue weighted by Crippen LogP contribution is 2.18. The number of nitrogens with one attached hydrogen (secondary N) is 2. The number of halogens is 1. The molecule has 0 aromatic carbocycles. The van der Waals surface area contributed by atoms with E-state index < -0.39 is 6.04 Å². The molecule has 1 atom stereocenters.